The first-order valence-corrected chi connectivity index (χ1v) is 9.07. The van der Waals surface area contributed by atoms with E-state index in [9.17, 15) is 9.18 Å². The third-order valence-electron chi connectivity index (χ3n) is 5.24. The smallest absolute Gasteiger partial charge is 0.133 e. The van der Waals surface area contributed by atoms with Gasteiger partial charge in [-0.1, -0.05) is 12.1 Å². The van der Waals surface area contributed by atoms with Gasteiger partial charge in [0.05, 0.1) is 6.61 Å². The molecule has 2 aromatic rings. The molecular formula is C22H23FO3. The average Bonchev–Trinajstić information content (AvgIpc) is 3.29. The summed E-state index contributed by atoms with van der Waals surface area (Å²) < 4.78 is 26.1. The molecule has 0 saturated heterocycles. The molecule has 1 heterocycles. The predicted molar refractivity (Wildman–Crippen MR) is 98.0 cm³/mol. The first-order valence-electron chi connectivity index (χ1n) is 9.07. The van der Waals surface area contributed by atoms with E-state index in [1.807, 2.05) is 44.2 Å². The lowest BCUT2D eigenvalue weighted by atomic mass is 9.98. The second-order valence-corrected chi connectivity index (χ2v) is 8.02. The Balaban J connectivity index is 1.46. The van der Waals surface area contributed by atoms with Crippen LogP contribution in [-0.2, 0) is 11.2 Å². The molecule has 0 spiro atoms. The molecule has 26 heavy (non-hydrogen) atoms. The first kappa shape index (κ1) is 17.1. The second-order valence-electron chi connectivity index (χ2n) is 8.02. The monoisotopic (exact) mass is 354 g/mol. The number of ether oxygens (including phenoxy) is 2. The Labute approximate surface area is 153 Å². The van der Waals surface area contributed by atoms with Crippen molar-refractivity contribution in [3.05, 3.63) is 47.8 Å². The summed E-state index contributed by atoms with van der Waals surface area (Å²) in [4.78, 5) is 11.3. The van der Waals surface area contributed by atoms with Crippen LogP contribution in [0.2, 0.25) is 0 Å². The summed E-state index contributed by atoms with van der Waals surface area (Å²) in [7, 11) is 0. The number of hydrogen-bond donors (Lipinski definition) is 0. The first-order chi connectivity index (χ1) is 12.3. The lowest BCUT2D eigenvalue weighted by molar-refractivity contribution is -0.118. The number of ketones is 1. The fourth-order valence-electron chi connectivity index (χ4n) is 3.68. The van der Waals surface area contributed by atoms with E-state index in [1.54, 1.807) is 13.0 Å². The molecule has 0 radical (unpaired) electrons. The molecular weight excluding hydrogens is 331 g/mol. The third kappa shape index (κ3) is 3.33. The summed E-state index contributed by atoms with van der Waals surface area (Å²) in [5.74, 6) is 1.95. The number of Topliss-reactive ketones (excluding diaryl/α,β-unsaturated/α-hetero) is 1. The Morgan fingerprint density at radius 2 is 1.96 bits per heavy atom. The van der Waals surface area contributed by atoms with Gasteiger partial charge in [0.25, 0.3) is 0 Å². The minimum atomic E-state index is -0.361. The summed E-state index contributed by atoms with van der Waals surface area (Å²) in [6.07, 6.45) is 1.52. The van der Waals surface area contributed by atoms with Gasteiger partial charge in [-0.2, -0.15) is 0 Å². The quantitative estimate of drug-likeness (QED) is 0.773. The number of hydrogen-bond acceptors (Lipinski definition) is 3. The zero-order chi connectivity index (χ0) is 18.5. The summed E-state index contributed by atoms with van der Waals surface area (Å²) in [6, 6.07) is 11.1. The number of benzene rings is 2. The molecule has 2 aromatic carbocycles. The van der Waals surface area contributed by atoms with Crippen LogP contribution >= 0.6 is 0 Å². The fourth-order valence-corrected chi connectivity index (χ4v) is 3.68. The van der Waals surface area contributed by atoms with Crippen LogP contribution < -0.4 is 9.47 Å². The molecule has 0 aromatic heterocycles. The average molecular weight is 354 g/mol. The number of fused-ring (bicyclic) bond motifs is 1. The molecule has 4 rings (SSSR count). The van der Waals surface area contributed by atoms with Crippen molar-refractivity contribution in [1.29, 1.82) is 0 Å². The molecule has 2 unspecified atom stereocenters. The van der Waals surface area contributed by atoms with Crippen LogP contribution in [0.1, 0.15) is 32.8 Å². The molecule has 2 aliphatic rings. The molecule has 4 heteroatoms. The van der Waals surface area contributed by atoms with Gasteiger partial charge in [0.15, 0.2) is 0 Å². The van der Waals surface area contributed by atoms with E-state index in [4.69, 9.17) is 9.47 Å². The molecule has 1 aliphatic heterocycles. The highest BCUT2D eigenvalue weighted by Crippen LogP contribution is 2.41. The highest BCUT2D eigenvalue weighted by molar-refractivity contribution is 5.81. The lowest BCUT2D eigenvalue weighted by Gasteiger charge is -2.16. The van der Waals surface area contributed by atoms with Crippen molar-refractivity contribution in [2.75, 3.05) is 6.61 Å². The van der Waals surface area contributed by atoms with Crippen molar-refractivity contribution in [1.82, 2.24) is 0 Å². The van der Waals surface area contributed by atoms with Gasteiger partial charge in [0, 0.05) is 23.8 Å². The maximum absolute atomic E-state index is 14.4. The van der Waals surface area contributed by atoms with E-state index in [0.717, 1.165) is 23.3 Å². The lowest BCUT2D eigenvalue weighted by Crippen LogP contribution is -2.24. The van der Waals surface area contributed by atoms with Gasteiger partial charge < -0.3 is 9.47 Å². The fraction of sp³-hybridized carbons (Fsp3) is 0.409. The molecule has 0 amide bonds. The maximum Gasteiger partial charge on any atom is 0.133 e. The van der Waals surface area contributed by atoms with Gasteiger partial charge in [-0.05, 0) is 62.6 Å². The van der Waals surface area contributed by atoms with Crippen molar-refractivity contribution < 1.29 is 18.7 Å². The topological polar surface area (TPSA) is 35.5 Å². The van der Waals surface area contributed by atoms with E-state index < -0.39 is 0 Å². The SMILES string of the molecule is CC(=O)C1CC1COc1ccc(-c2cc(F)c3c(c2)OC(C)(C)C3)cc1. The van der Waals surface area contributed by atoms with Gasteiger partial charge in [-0.25, -0.2) is 4.39 Å². The van der Waals surface area contributed by atoms with Crippen LogP contribution in [0.3, 0.4) is 0 Å². The van der Waals surface area contributed by atoms with Crippen molar-refractivity contribution >= 4 is 5.78 Å². The second kappa shape index (κ2) is 6.11. The van der Waals surface area contributed by atoms with Crippen LogP contribution in [0.25, 0.3) is 11.1 Å². The predicted octanol–water partition coefficient (Wildman–Crippen LogP) is 4.81. The van der Waals surface area contributed by atoms with E-state index in [1.165, 1.54) is 0 Å². The molecule has 0 N–H and O–H groups in total. The van der Waals surface area contributed by atoms with Crippen LogP contribution in [-0.4, -0.2) is 18.0 Å². The third-order valence-corrected chi connectivity index (χ3v) is 5.24. The van der Waals surface area contributed by atoms with E-state index >= 15 is 0 Å². The number of halogens is 1. The zero-order valence-electron chi connectivity index (χ0n) is 15.3. The summed E-state index contributed by atoms with van der Waals surface area (Å²) >= 11 is 0. The Kier molecular flexibility index (Phi) is 4.02. The van der Waals surface area contributed by atoms with Crippen LogP contribution in [0.15, 0.2) is 36.4 Å². The molecule has 2 atom stereocenters. The molecule has 136 valence electrons. The Morgan fingerprint density at radius 1 is 1.23 bits per heavy atom. The Bertz CT molecular complexity index is 854. The van der Waals surface area contributed by atoms with Crippen molar-refractivity contribution in [3.8, 4) is 22.6 Å². The van der Waals surface area contributed by atoms with Gasteiger partial charge in [0.1, 0.15) is 28.7 Å². The van der Waals surface area contributed by atoms with Crippen molar-refractivity contribution in [2.45, 2.75) is 39.2 Å². The van der Waals surface area contributed by atoms with Gasteiger partial charge in [-0.3, -0.25) is 4.79 Å². The van der Waals surface area contributed by atoms with Gasteiger partial charge in [0.2, 0.25) is 0 Å². The van der Waals surface area contributed by atoms with E-state index in [-0.39, 0.29) is 23.1 Å². The molecule has 1 saturated carbocycles. The molecule has 3 nitrogen and oxygen atoms in total. The minimum absolute atomic E-state index is 0.174. The summed E-state index contributed by atoms with van der Waals surface area (Å²) in [6.45, 7) is 6.14. The van der Waals surface area contributed by atoms with Gasteiger partial charge >= 0.3 is 0 Å². The largest absolute Gasteiger partial charge is 0.493 e. The standard InChI is InChI=1S/C22H23FO3/c1-13(24)18-8-16(18)12-25-17-6-4-14(5-7-17)15-9-20(23)19-11-22(2,3)26-21(19)10-15/h4-7,9-10,16,18H,8,11-12H2,1-3H3. The van der Waals surface area contributed by atoms with Gasteiger partial charge in [-0.15, -0.1) is 0 Å². The summed E-state index contributed by atoms with van der Waals surface area (Å²) in [5.41, 5.74) is 2.01. The highest BCUT2D eigenvalue weighted by atomic mass is 19.1. The normalized spacial score (nSPS) is 22.5. The molecule has 1 fully saturated rings. The van der Waals surface area contributed by atoms with Crippen molar-refractivity contribution in [2.24, 2.45) is 11.8 Å². The van der Waals surface area contributed by atoms with E-state index in [0.29, 0.717) is 30.3 Å². The Morgan fingerprint density at radius 3 is 2.62 bits per heavy atom. The number of carbonyl (C=O) groups is 1. The van der Waals surface area contributed by atoms with Crippen molar-refractivity contribution in [3.63, 3.8) is 0 Å². The molecule has 0 bridgehead atoms. The number of carbonyl (C=O) groups excluding carboxylic acids is 1. The minimum Gasteiger partial charge on any atom is -0.493 e. The van der Waals surface area contributed by atoms with Crippen LogP contribution in [0.4, 0.5) is 4.39 Å². The zero-order valence-corrected chi connectivity index (χ0v) is 15.3. The Hall–Kier alpha value is -2.36. The van der Waals surface area contributed by atoms with Crippen LogP contribution in [0, 0.1) is 17.7 Å². The van der Waals surface area contributed by atoms with E-state index in [2.05, 4.69) is 0 Å². The maximum atomic E-state index is 14.4. The summed E-state index contributed by atoms with van der Waals surface area (Å²) in [5, 5.41) is 0. The van der Waals surface area contributed by atoms with Crippen LogP contribution in [0.5, 0.6) is 11.5 Å². The highest BCUT2D eigenvalue weighted by Gasteiger charge is 2.41. The number of rotatable bonds is 5. The molecule has 1 aliphatic carbocycles.